The van der Waals surface area contributed by atoms with Crippen molar-refractivity contribution in [2.24, 2.45) is 5.92 Å². The van der Waals surface area contributed by atoms with Crippen molar-refractivity contribution in [3.8, 4) is 0 Å². The molecular formula is C16H25N3O. The van der Waals surface area contributed by atoms with E-state index in [0.29, 0.717) is 17.4 Å². The summed E-state index contributed by atoms with van der Waals surface area (Å²) in [5.74, 6) is 1.48. The van der Waals surface area contributed by atoms with E-state index in [4.69, 9.17) is 0 Å². The Labute approximate surface area is 121 Å². The van der Waals surface area contributed by atoms with E-state index < -0.39 is 0 Å². The number of anilines is 1. The van der Waals surface area contributed by atoms with Crippen LogP contribution in [0.3, 0.4) is 0 Å². The van der Waals surface area contributed by atoms with E-state index in [9.17, 15) is 4.79 Å². The highest BCUT2D eigenvalue weighted by atomic mass is 16.1. The standard InChI is InChI=1S/C16H25N3O/c1-3-10-17-15-14(5-4-11-18-15)16(20)19-13-8-6-12(2)7-9-13/h4-5,11-13H,3,6-10H2,1-2H3,(H,17,18)(H,19,20). The van der Waals surface area contributed by atoms with Gasteiger partial charge in [0.15, 0.2) is 0 Å². The number of carbonyl (C=O) groups excluding carboxylic acids is 1. The van der Waals surface area contributed by atoms with Crippen molar-refractivity contribution in [2.45, 2.75) is 52.0 Å². The summed E-state index contributed by atoms with van der Waals surface area (Å²) in [4.78, 5) is 16.7. The minimum absolute atomic E-state index is 0.00347. The highest BCUT2D eigenvalue weighted by molar-refractivity contribution is 5.98. The van der Waals surface area contributed by atoms with Crippen LogP contribution in [0.25, 0.3) is 0 Å². The largest absolute Gasteiger partial charge is 0.369 e. The first kappa shape index (κ1) is 14.8. The normalized spacial score (nSPS) is 22.3. The van der Waals surface area contributed by atoms with Crippen molar-refractivity contribution in [3.05, 3.63) is 23.9 Å². The maximum atomic E-state index is 12.4. The second kappa shape index (κ2) is 7.27. The van der Waals surface area contributed by atoms with E-state index in [-0.39, 0.29) is 5.91 Å². The van der Waals surface area contributed by atoms with Gasteiger partial charge in [0.05, 0.1) is 5.56 Å². The van der Waals surface area contributed by atoms with E-state index in [1.165, 1.54) is 12.8 Å². The van der Waals surface area contributed by atoms with Gasteiger partial charge in [0.2, 0.25) is 0 Å². The topological polar surface area (TPSA) is 54.0 Å². The van der Waals surface area contributed by atoms with Gasteiger partial charge < -0.3 is 10.6 Å². The van der Waals surface area contributed by atoms with Gasteiger partial charge >= 0.3 is 0 Å². The molecule has 4 heteroatoms. The molecule has 20 heavy (non-hydrogen) atoms. The van der Waals surface area contributed by atoms with Crippen LogP contribution < -0.4 is 10.6 Å². The van der Waals surface area contributed by atoms with Crippen LogP contribution in [0.4, 0.5) is 5.82 Å². The average Bonchev–Trinajstić information content (AvgIpc) is 2.47. The molecule has 2 rings (SSSR count). The number of rotatable bonds is 5. The number of aromatic nitrogens is 1. The number of nitrogens with zero attached hydrogens (tertiary/aromatic N) is 1. The van der Waals surface area contributed by atoms with Gasteiger partial charge in [-0.2, -0.15) is 0 Å². The molecule has 1 aromatic heterocycles. The summed E-state index contributed by atoms with van der Waals surface area (Å²) in [6.45, 7) is 5.21. The molecule has 1 amide bonds. The molecule has 1 fully saturated rings. The lowest BCUT2D eigenvalue weighted by Gasteiger charge is -2.27. The van der Waals surface area contributed by atoms with Crippen molar-refractivity contribution >= 4 is 11.7 Å². The third-order valence-electron chi connectivity index (χ3n) is 3.95. The Bertz CT molecular complexity index is 439. The molecule has 1 aliphatic carbocycles. The van der Waals surface area contributed by atoms with Crippen LogP contribution in [0.15, 0.2) is 18.3 Å². The number of carbonyl (C=O) groups is 1. The van der Waals surface area contributed by atoms with Crippen LogP contribution in [-0.2, 0) is 0 Å². The van der Waals surface area contributed by atoms with Crippen LogP contribution in [0, 0.1) is 5.92 Å². The molecule has 1 heterocycles. The summed E-state index contributed by atoms with van der Waals surface area (Å²) in [5, 5.41) is 6.37. The number of hydrogen-bond donors (Lipinski definition) is 2. The maximum absolute atomic E-state index is 12.4. The molecule has 0 bridgehead atoms. The Morgan fingerprint density at radius 1 is 1.35 bits per heavy atom. The van der Waals surface area contributed by atoms with Crippen LogP contribution in [0.2, 0.25) is 0 Å². The number of nitrogens with one attached hydrogen (secondary N) is 2. The van der Waals surface area contributed by atoms with E-state index in [1.54, 1.807) is 6.20 Å². The summed E-state index contributed by atoms with van der Waals surface area (Å²) in [6, 6.07) is 3.97. The highest BCUT2D eigenvalue weighted by Gasteiger charge is 2.21. The smallest absolute Gasteiger partial charge is 0.255 e. The molecule has 0 aromatic carbocycles. The Hall–Kier alpha value is -1.58. The third kappa shape index (κ3) is 3.95. The van der Waals surface area contributed by atoms with Crippen molar-refractivity contribution < 1.29 is 4.79 Å². The van der Waals surface area contributed by atoms with E-state index in [2.05, 4.69) is 29.5 Å². The lowest BCUT2D eigenvalue weighted by molar-refractivity contribution is 0.0923. The quantitative estimate of drug-likeness (QED) is 0.867. The molecule has 1 saturated carbocycles. The molecule has 0 saturated heterocycles. The fourth-order valence-electron chi connectivity index (χ4n) is 2.64. The minimum atomic E-state index is -0.00347. The number of amides is 1. The van der Waals surface area contributed by atoms with Gasteiger partial charge in [-0.1, -0.05) is 13.8 Å². The zero-order valence-corrected chi connectivity index (χ0v) is 12.5. The predicted molar refractivity (Wildman–Crippen MR) is 81.9 cm³/mol. The number of pyridine rings is 1. The Morgan fingerprint density at radius 3 is 2.80 bits per heavy atom. The Balaban J connectivity index is 1.98. The fourth-order valence-corrected chi connectivity index (χ4v) is 2.64. The summed E-state index contributed by atoms with van der Waals surface area (Å²) in [7, 11) is 0. The van der Waals surface area contributed by atoms with Gasteiger partial charge in [0, 0.05) is 18.8 Å². The molecule has 2 N–H and O–H groups in total. The van der Waals surface area contributed by atoms with Gasteiger partial charge in [0.25, 0.3) is 5.91 Å². The first-order valence-corrected chi connectivity index (χ1v) is 7.70. The minimum Gasteiger partial charge on any atom is -0.369 e. The van der Waals surface area contributed by atoms with E-state index in [1.807, 2.05) is 12.1 Å². The summed E-state index contributed by atoms with van der Waals surface area (Å²) in [5.41, 5.74) is 0.652. The van der Waals surface area contributed by atoms with Crippen LogP contribution >= 0.6 is 0 Å². The van der Waals surface area contributed by atoms with Gasteiger partial charge in [0.1, 0.15) is 5.82 Å². The van der Waals surface area contributed by atoms with Gasteiger partial charge in [-0.15, -0.1) is 0 Å². The average molecular weight is 275 g/mol. The zero-order chi connectivity index (χ0) is 14.4. The SMILES string of the molecule is CCCNc1ncccc1C(=O)NC1CCC(C)CC1. The molecule has 110 valence electrons. The first-order valence-electron chi connectivity index (χ1n) is 7.70. The molecule has 0 unspecified atom stereocenters. The lowest BCUT2D eigenvalue weighted by atomic mass is 9.87. The van der Waals surface area contributed by atoms with Crippen LogP contribution in [0.5, 0.6) is 0 Å². The first-order chi connectivity index (χ1) is 9.70. The molecule has 0 aliphatic heterocycles. The van der Waals surface area contributed by atoms with E-state index in [0.717, 1.165) is 31.7 Å². The van der Waals surface area contributed by atoms with Gasteiger partial charge in [-0.05, 0) is 50.2 Å². The summed E-state index contributed by atoms with van der Waals surface area (Å²) < 4.78 is 0. The van der Waals surface area contributed by atoms with Gasteiger partial charge in [-0.3, -0.25) is 4.79 Å². The monoisotopic (exact) mass is 275 g/mol. The van der Waals surface area contributed by atoms with Crippen LogP contribution in [0.1, 0.15) is 56.3 Å². The third-order valence-corrected chi connectivity index (χ3v) is 3.95. The second-order valence-electron chi connectivity index (χ2n) is 5.76. The highest BCUT2D eigenvalue weighted by Crippen LogP contribution is 2.24. The van der Waals surface area contributed by atoms with Crippen molar-refractivity contribution in [1.82, 2.24) is 10.3 Å². The Morgan fingerprint density at radius 2 is 2.10 bits per heavy atom. The lowest BCUT2D eigenvalue weighted by Crippen LogP contribution is -2.37. The van der Waals surface area contributed by atoms with Crippen molar-refractivity contribution in [1.29, 1.82) is 0 Å². The summed E-state index contributed by atoms with van der Waals surface area (Å²) >= 11 is 0. The van der Waals surface area contributed by atoms with Crippen molar-refractivity contribution in [2.75, 3.05) is 11.9 Å². The Kier molecular flexibility index (Phi) is 5.39. The molecule has 4 nitrogen and oxygen atoms in total. The molecule has 0 atom stereocenters. The van der Waals surface area contributed by atoms with Crippen molar-refractivity contribution in [3.63, 3.8) is 0 Å². The molecule has 0 spiro atoms. The van der Waals surface area contributed by atoms with E-state index >= 15 is 0 Å². The molecule has 0 radical (unpaired) electrons. The fraction of sp³-hybridized carbons (Fsp3) is 0.625. The van der Waals surface area contributed by atoms with Gasteiger partial charge in [-0.25, -0.2) is 4.98 Å². The molecule has 1 aromatic rings. The maximum Gasteiger partial charge on any atom is 0.255 e. The molecule has 1 aliphatic rings. The molecular weight excluding hydrogens is 250 g/mol. The number of hydrogen-bond acceptors (Lipinski definition) is 3. The zero-order valence-electron chi connectivity index (χ0n) is 12.5. The predicted octanol–water partition coefficient (Wildman–Crippen LogP) is 3.21. The summed E-state index contributed by atoms with van der Waals surface area (Å²) in [6.07, 6.45) is 7.32. The van der Waals surface area contributed by atoms with Crippen LogP contribution in [-0.4, -0.2) is 23.5 Å². The second-order valence-corrected chi connectivity index (χ2v) is 5.76.